The van der Waals surface area contributed by atoms with Crippen molar-refractivity contribution in [2.75, 3.05) is 13.1 Å². The first-order chi connectivity index (χ1) is 17.5. The zero-order valence-electron chi connectivity index (χ0n) is 19.1. The fraction of sp³-hybridized carbons (Fsp3) is 0.217. The van der Waals surface area contributed by atoms with Gasteiger partial charge in [0.05, 0.1) is 33.4 Å². The minimum absolute atomic E-state index is 0.232. The van der Waals surface area contributed by atoms with E-state index in [2.05, 4.69) is 35.4 Å². The molecule has 0 radical (unpaired) electrons. The molecule has 2 N–H and O–H groups in total. The summed E-state index contributed by atoms with van der Waals surface area (Å²) in [6.07, 6.45) is 7.12. The molecule has 7 heterocycles. The second-order valence-electron chi connectivity index (χ2n) is 8.73. The Morgan fingerprint density at radius 3 is 2.94 bits per heavy atom. The van der Waals surface area contributed by atoms with Crippen LogP contribution in [0, 0.1) is 0 Å². The first kappa shape index (κ1) is 21.4. The number of carbonyl (C=O) groups excluding carboxylic acids is 1. The molecule has 0 saturated heterocycles. The van der Waals surface area contributed by atoms with Gasteiger partial charge in [-0.3, -0.25) is 24.2 Å². The van der Waals surface area contributed by atoms with Crippen molar-refractivity contribution in [1.82, 2.24) is 44.6 Å². The van der Waals surface area contributed by atoms with Crippen molar-refractivity contribution in [1.29, 1.82) is 0 Å². The number of carbonyl (C=O) groups is 1. The van der Waals surface area contributed by atoms with Crippen LogP contribution < -0.4 is 10.9 Å². The van der Waals surface area contributed by atoms with Gasteiger partial charge in [0.2, 0.25) is 0 Å². The van der Waals surface area contributed by atoms with Crippen molar-refractivity contribution < 1.29 is 4.79 Å². The molecule has 0 saturated carbocycles. The highest BCUT2D eigenvalue weighted by atomic mass is 32.1. The average molecular weight is 518 g/mol. The van der Waals surface area contributed by atoms with Gasteiger partial charge < -0.3 is 10.3 Å². The smallest absolute Gasteiger partial charge is 0.261 e. The molecule has 0 unspecified atom stereocenters. The molecule has 1 aliphatic rings. The number of hydrogen-bond donors (Lipinski definition) is 2. The summed E-state index contributed by atoms with van der Waals surface area (Å²) in [5, 5.41) is 12.3. The maximum absolute atomic E-state index is 13.0. The summed E-state index contributed by atoms with van der Waals surface area (Å²) in [6, 6.07) is 1.66. The first-order valence-electron chi connectivity index (χ1n) is 11.3. The maximum atomic E-state index is 13.0. The third-order valence-corrected chi connectivity index (χ3v) is 8.34. The van der Waals surface area contributed by atoms with Gasteiger partial charge in [-0.15, -0.1) is 22.7 Å². The van der Waals surface area contributed by atoms with Crippen molar-refractivity contribution in [2.45, 2.75) is 13.1 Å². The van der Waals surface area contributed by atoms with Crippen LogP contribution in [-0.2, 0) is 20.1 Å². The number of pyridine rings is 2. The Kier molecular flexibility index (Phi) is 4.77. The van der Waals surface area contributed by atoms with Crippen LogP contribution in [0.2, 0.25) is 0 Å². The van der Waals surface area contributed by atoms with E-state index in [1.807, 2.05) is 25.0 Å². The number of rotatable bonds is 5. The van der Waals surface area contributed by atoms with E-state index in [9.17, 15) is 9.59 Å². The average Bonchev–Trinajstić information content (AvgIpc) is 3.64. The number of aryl methyl sites for hydroxylation is 1. The van der Waals surface area contributed by atoms with E-state index in [1.54, 1.807) is 32.8 Å². The number of nitrogens with zero attached hydrogens (tertiary/aromatic N) is 7. The molecule has 0 bridgehead atoms. The van der Waals surface area contributed by atoms with Gasteiger partial charge in [-0.2, -0.15) is 10.2 Å². The summed E-state index contributed by atoms with van der Waals surface area (Å²) in [6.45, 7) is 2.93. The van der Waals surface area contributed by atoms with Crippen LogP contribution in [0.1, 0.15) is 20.9 Å². The molecule has 6 aromatic rings. The van der Waals surface area contributed by atoms with Crippen LogP contribution in [0.15, 0.2) is 41.2 Å². The Hall–Kier alpha value is -3.94. The van der Waals surface area contributed by atoms with E-state index in [0.717, 1.165) is 40.6 Å². The fourth-order valence-electron chi connectivity index (χ4n) is 4.57. The second kappa shape index (κ2) is 8.05. The summed E-state index contributed by atoms with van der Waals surface area (Å²) in [7, 11) is 1.86. The minimum Gasteiger partial charge on any atom is -0.351 e. The number of fused-ring (bicyclic) bond motifs is 6. The van der Waals surface area contributed by atoms with Crippen LogP contribution in [-0.4, -0.2) is 58.2 Å². The van der Waals surface area contributed by atoms with Gasteiger partial charge in [0, 0.05) is 62.3 Å². The quantitative estimate of drug-likeness (QED) is 0.360. The van der Waals surface area contributed by atoms with E-state index in [-0.39, 0.29) is 11.5 Å². The summed E-state index contributed by atoms with van der Waals surface area (Å²) < 4.78 is 3.44. The Morgan fingerprint density at radius 2 is 2.11 bits per heavy atom. The van der Waals surface area contributed by atoms with E-state index in [1.165, 1.54) is 22.4 Å². The van der Waals surface area contributed by atoms with E-state index < -0.39 is 0 Å². The molecule has 1 aliphatic heterocycles. The van der Waals surface area contributed by atoms with Gasteiger partial charge in [-0.05, 0) is 6.07 Å². The van der Waals surface area contributed by atoms with Crippen LogP contribution in [0.4, 0.5) is 0 Å². The summed E-state index contributed by atoms with van der Waals surface area (Å²) in [5.74, 6) is -0.232. The Balaban J connectivity index is 1.14. The number of H-pyrrole nitrogens is 1. The zero-order valence-corrected chi connectivity index (χ0v) is 20.7. The van der Waals surface area contributed by atoms with Gasteiger partial charge in [0.15, 0.2) is 0 Å². The van der Waals surface area contributed by atoms with Crippen molar-refractivity contribution in [3.8, 4) is 10.4 Å². The van der Waals surface area contributed by atoms with Gasteiger partial charge in [0.1, 0.15) is 21.3 Å². The predicted octanol–water partition coefficient (Wildman–Crippen LogP) is 2.39. The monoisotopic (exact) mass is 517 g/mol. The summed E-state index contributed by atoms with van der Waals surface area (Å²) >= 11 is 3.15. The molecular formula is C23H19N9O2S2. The SMILES string of the molecule is Cn1cc(-c2cn3nc4c5ncc(C(=O)NCCN6Cc7ncsc7C6)cc5[nH]c(=O)c4c3s2)cn1. The number of thiazole rings is 2. The molecule has 0 atom stereocenters. The predicted molar refractivity (Wildman–Crippen MR) is 137 cm³/mol. The van der Waals surface area contributed by atoms with Gasteiger partial charge >= 0.3 is 0 Å². The van der Waals surface area contributed by atoms with Crippen molar-refractivity contribution in [2.24, 2.45) is 7.05 Å². The molecule has 11 nitrogen and oxygen atoms in total. The standard InChI is InChI=1S/C23H19N9O2S2/c1-30-7-13(6-27-30)16-10-32-23(36-16)18-20(29-32)19-14(28-22(18)34)4-12(5-25-19)21(33)24-2-3-31-8-15-17(9-31)35-11-26-15/h4-7,10-11H,2-3,8-9H2,1H3,(H,24,33)(H,28,34). The topological polar surface area (TPSA) is 126 Å². The first-order valence-corrected chi connectivity index (χ1v) is 13.0. The number of aromatic nitrogens is 7. The fourth-order valence-corrected chi connectivity index (χ4v) is 6.45. The molecule has 0 aliphatic carbocycles. The number of aromatic amines is 1. The highest BCUT2D eigenvalue weighted by Crippen LogP contribution is 2.33. The number of nitrogens with one attached hydrogen (secondary N) is 2. The lowest BCUT2D eigenvalue weighted by Gasteiger charge is -2.14. The van der Waals surface area contributed by atoms with Crippen molar-refractivity contribution in [3.05, 3.63) is 62.9 Å². The van der Waals surface area contributed by atoms with Crippen molar-refractivity contribution >= 4 is 55.3 Å². The highest BCUT2D eigenvalue weighted by molar-refractivity contribution is 7.21. The van der Waals surface area contributed by atoms with Crippen LogP contribution >= 0.6 is 22.7 Å². The molecule has 0 spiro atoms. The second-order valence-corrected chi connectivity index (χ2v) is 10.7. The Labute approximate surface area is 211 Å². The van der Waals surface area contributed by atoms with E-state index in [4.69, 9.17) is 0 Å². The van der Waals surface area contributed by atoms with E-state index >= 15 is 0 Å². The van der Waals surface area contributed by atoms with Gasteiger partial charge in [-0.1, -0.05) is 0 Å². The normalized spacial score (nSPS) is 13.8. The van der Waals surface area contributed by atoms with E-state index in [0.29, 0.717) is 34.0 Å². The molecule has 1 amide bonds. The largest absolute Gasteiger partial charge is 0.351 e. The highest BCUT2D eigenvalue weighted by Gasteiger charge is 2.22. The van der Waals surface area contributed by atoms with Gasteiger partial charge in [0.25, 0.3) is 11.5 Å². The lowest BCUT2D eigenvalue weighted by atomic mass is 10.2. The molecule has 6 aromatic heterocycles. The lowest BCUT2D eigenvalue weighted by molar-refractivity contribution is 0.0948. The number of hydrogen-bond acceptors (Lipinski definition) is 9. The molecule has 0 fully saturated rings. The van der Waals surface area contributed by atoms with Gasteiger partial charge in [-0.25, -0.2) is 9.50 Å². The summed E-state index contributed by atoms with van der Waals surface area (Å²) in [4.78, 5) is 42.8. The molecule has 7 rings (SSSR count). The number of amides is 1. The molecule has 180 valence electrons. The minimum atomic E-state index is -0.262. The van der Waals surface area contributed by atoms with Crippen LogP contribution in [0.5, 0.6) is 0 Å². The molecule has 0 aromatic carbocycles. The molecule has 13 heteroatoms. The van der Waals surface area contributed by atoms with Crippen molar-refractivity contribution in [3.63, 3.8) is 0 Å². The third kappa shape index (κ3) is 3.43. The van der Waals surface area contributed by atoms with Crippen LogP contribution in [0.3, 0.4) is 0 Å². The Morgan fingerprint density at radius 1 is 1.19 bits per heavy atom. The Bertz CT molecular complexity index is 1840. The molecule has 36 heavy (non-hydrogen) atoms. The lowest BCUT2D eigenvalue weighted by Crippen LogP contribution is -2.32. The summed E-state index contributed by atoms with van der Waals surface area (Å²) in [5.41, 5.74) is 5.64. The maximum Gasteiger partial charge on any atom is 0.261 e. The van der Waals surface area contributed by atoms with Crippen LogP contribution in [0.25, 0.3) is 37.2 Å². The third-order valence-electron chi connectivity index (χ3n) is 6.33. The molecular weight excluding hydrogens is 498 g/mol. The zero-order chi connectivity index (χ0) is 24.4.